The highest BCUT2D eigenvalue weighted by Gasteiger charge is 2.23. The smallest absolute Gasteiger partial charge is 0.297 e. The molecule has 0 amide bonds. The van der Waals surface area contributed by atoms with E-state index in [9.17, 15) is 13.2 Å². The van der Waals surface area contributed by atoms with Gasteiger partial charge in [0.25, 0.3) is 10.1 Å². The number of aryl methyl sites for hydroxylation is 1. The Morgan fingerprint density at radius 1 is 1.35 bits per heavy atom. The molecule has 0 saturated carbocycles. The van der Waals surface area contributed by atoms with Crippen LogP contribution < -0.4 is 0 Å². The van der Waals surface area contributed by atoms with E-state index < -0.39 is 16.2 Å². The molecular formula is C12H16O4S. The molecule has 0 aliphatic heterocycles. The number of rotatable bonds is 5. The van der Waals surface area contributed by atoms with E-state index in [0.29, 0.717) is 5.56 Å². The highest BCUT2D eigenvalue weighted by Crippen LogP contribution is 2.18. The predicted molar refractivity (Wildman–Crippen MR) is 64.2 cm³/mol. The minimum Gasteiger partial charge on any atom is -0.297 e. The second kappa shape index (κ2) is 5.42. The summed E-state index contributed by atoms with van der Waals surface area (Å²) in [5.41, 5.74) is 0.601. The molecule has 1 atom stereocenters. The van der Waals surface area contributed by atoms with Gasteiger partial charge in [0.1, 0.15) is 6.10 Å². The first-order valence-electron chi connectivity index (χ1n) is 5.40. The fourth-order valence-electron chi connectivity index (χ4n) is 1.42. The Kier molecular flexibility index (Phi) is 4.42. The van der Waals surface area contributed by atoms with Gasteiger partial charge in [-0.05, 0) is 25.5 Å². The van der Waals surface area contributed by atoms with Crippen LogP contribution in [-0.2, 0) is 19.1 Å². The number of benzene rings is 1. The summed E-state index contributed by atoms with van der Waals surface area (Å²) in [5.74, 6) is -0.234. The van der Waals surface area contributed by atoms with Crippen molar-refractivity contribution < 1.29 is 17.4 Å². The van der Waals surface area contributed by atoms with Gasteiger partial charge >= 0.3 is 0 Å². The van der Waals surface area contributed by atoms with Crippen LogP contribution in [-0.4, -0.2) is 20.3 Å². The average Bonchev–Trinajstić information content (AvgIpc) is 2.27. The van der Waals surface area contributed by atoms with Crippen molar-refractivity contribution in [1.29, 1.82) is 0 Å². The lowest BCUT2D eigenvalue weighted by molar-refractivity contribution is -0.124. The standard InChI is InChI=1S/C12H16O4S/c1-4-11(13)10(3)16-17(14,15)12-8-6-5-7-9(12)2/h5-8,10H,4H2,1-3H3. The maximum absolute atomic E-state index is 11.9. The third-order valence-electron chi connectivity index (χ3n) is 2.44. The average molecular weight is 256 g/mol. The van der Waals surface area contributed by atoms with Gasteiger partial charge in [-0.15, -0.1) is 0 Å². The zero-order chi connectivity index (χ0) is 13.1. The van der Waals surface area contributed by atoms with Crippen molar-refractivity contribution in [2.45, 2.75) is 38.2 Å². The molecule has 1 unspecified atom stereocenters. The molecule has 0 saturated heterocycles. The predicted octanol–water partition coefficient (Wildman–Crippen LogP) is 2.07. The summed E-state index contributed by atoms with van der Waals surface area (Å²) in [6.45, 7) is 4.80. The van der Waals surface area contributed by atoms with Gasteiger partial charge in [-0.25, -0.2) is 0 Å². The molecule has 0 heterocycles. The first-order chi connectivity index (χ1) is 7.88. The highest BCUT2D eigenvalue weighted by molar-refractivity contribution is 7.86. The van der Waals surface area contributed by atoms with E-state index in [1.54, 1.807) is 32.0 Å². The molecule has 1 aromatic rings. The van der Waals surface area contributed by atoms with E-state index >= 15 is 0 Å². The molecule has 17 heavy (non-hydrogen) atoms. The topological polar surface area (TPSA) is 60.4 Å². The van der Waals surface area contributed by atoms with Gasteiger partial charge in [0, 0.05) is 6.42 Å². The number of ketones is 1. The van der Waals surface area contributed by atoms with Crippen molar-refractivity contribution >= 4 is 15.9 Å². The lowest BCUT2D eigenvalue weighted by Gasteiger charge is -2.12. The molecular weight excluding hydrogens is 240 g/mol. The lowest BCUT2D eigenvalue weighted by atomic mass is 10.2. The zero-order valence-electron chi connectivity index (χ0n) is 10.1. The minimum absolute atomic E-state index is 0.107. The summed E-state index contributed by atoms with van der Waals surface area (Å²) in [5, 5.41) is 0. The van der Waals surface area contributed by atoms with Crippen LogP contribution in [0.4, 0.5) is 0 Å². The van der Waals surface area contributed by atoms with E-state index in [0.717, 1.165) is 0 Å². The van der Waals surface area contributed by atoms with Gasteiger partial charge in [0.2, 0.25) is 0 Å². The SMILES string of the molecule is CCC(=O)C(C)OS(=O)(=O)c1ccccc1C. The van der Waals surface area contributed by atoms with Gasteiger partial charge in [0.15, 0.2) is 5.78 Å². The zero-order valence-corrected chi connectivity index (χ0v) is 11.0. The summed E-state index contributed by atoms with van der Waals surface area (Å²) in [4.78, 5) is 11.4. The molecule has 1 rings (SSSR count). The number of carbonyl (C=O) groups is 1. The molecule has 0 radical (unpaired) electrons. The van der Waals surface area contributed by atoms with Crippen LogP contribution in [0.1, 0.15) is 25.8 Å². The summed E-state index contributed by atoms with van der Waals surface area (Å²) in [7, 11) is -3.87. The molecule has 94 valence electrons. The molecule has 0 aromatic heterocycles. The van der Waals surface area contributed by atoms with Crippen LogP contribution >= 0.6 is 0 Å². The maximum Gasteiger partial charge on any atom is 0.297 e. The molecule has 0 N–H and O–H groups in total. The Morgan fingerprint density at radius 2 is 1.94 bits per heavy atom. The monoisotopic (exact) mass is 256 g/mol. The fourth-order valence-corrected chi connectivity index (χ4v) is 2.72. The van der Waals surface area contributed by atoms with Crippen molar-refractivity contribution in [3.63, 3.8) is 0 Å². The largest absolute Gasteiger partial charge is 0.297 e. The van der Waals surface area contributed by atoms with Crippen LogP contribution in [0.15, 0.2) is 29.2 Å². The normalized spacial score (nSPS) is 13.4. The van der Waals surface area contributed by atoms with Gasteiger partial charge in [-0.2, -0.15) is 8.42 Å². The van der Waals surface area contributed by atoms with Crippen molar-refractivity contribution in [1.82, 2.24) is 0 Å². The van der Waals surface area contributed by atoms with Gasteiger partial charge in [0.05, 0.1) is 4.90 Å². The van der Waals surface area contributed by atoms with Crippen LogP contribution in [0, 0.1) is 6.92 Å². The molecule has 0 aliphatic rings. The third kappa shape index (κ3) is 3.38. The van der Waals surface area contributed by atoms with Gasteiger partial charge < -0.3 is 0 Å². The highest BCUT2D eigenvalue weighted by atomic mass is 32.2. The second-order valence-corrected chi connectivity index (χ2v) is 5.32. The fraction of sp³-hybridized carbons (Fsp3) is 0.417. The van der Waals surface area contributed by atoms with E-state index in [2.05, 4.69) is 0 Å². The van der Waals surface area contributed by atoms with Crippen molar-refractivity contribution in [2.75, 3.05) is 0 Å². The van der Waals surface area contributed by atoms with Crippen LogP contribution in [0.5, 0.6) is 0 Å². The maximum atomic E-state index is 11.9. The lowest BCUT2D eigenvalue weighted by Crippen LogP contribution is -2.24. The quantitative estimate of drug-likeness (QED) is 0.757. The summed E-state index contributed by atoms with van der Waals surface area (Å²) < 4.78 is 28.7. The molecule has 0 bridgehead atoms. The third-order valence-corrected chi connectivity index (χ3v) is 3.97. The van der Waals surface area contributed by atoms with Crippen molar-refractivity contribution in [2.24, 2.45) is 0 Å². The Bertz CT molecular complexity index is 505. The van der Waals surface area contributed by atoms with Crippen molar-refractivity contribution in [3.05, 3.63) is 29.8 Å². The summed E-state index contributed by atoms with van der Waals surface area (Å²) >= 11 is 0. The molecule has 5 heteroatoms. The second-order valence-electron chi connectivity index (χ2n) is 3.78. The Hall–Kier alpha value is -1.20. The first-order valence-corrected chi connectivity index (χ1v) is 6.81. The molecule has 1 aromatic carbocycles. The van der Waals surface area contributed by atoms with Gasteiger partial charge in [-0.1, -0.05) is 25.1 Å². The van der Waals surface area contributed by atoms with Crippen molar-refractivity contribution in [3.8, 4) is 0 Å². The Balaban J connectivity index is 2.98. The molecule has 4 nitrogen and oxygen atoms in total. The molecule has 0 aliphatic carbocycles. The van der Waals surface area contributed by atoms with E-state index in [1.165, 1.54) is 13.0 Å². The number of carbonyl (C=O) groups excluding carboxylic acids is 1. The molecule has 0 fully saturated rings. The van der Waals surface area contributed by atoms with Gasteiger partial charge in [-0.3, -0.25) is 8.98 Å². The number of Topliss-reactive ketones (excluding diaryl/α,β-unsaturated/α-hetero) is 1. The summed E-state index contributed by atoms with van der Waals surface area (Å²) in [6.07, 6.45) is -0.686. The molecule has 0 spiro atoms. The van der Waals surface area contributed by atoms with Crippen LogP contribution in [0.3, 0.4) is 0 Å². The van der Waals surface area contributed by atoms with E-state index in [4.69, 9.17) is 4.18 Å². The summed E-state index contributed by atoms with van der Waals surface area (Å²) in [6, 6.07) is 6.51. The van der Waals surface area contributed by atoms with E-state index in [1.807, 2.05) is 0 Å². The Labute approximate surface area is 102 Å². The van der Waals surface area contributed by atoms with Crippen LogP contribution in [0.25, 0.3) is 0 Å². The first kappa shape index (κ1) is 13.9. The Morgan fingerprint density at radius 3 is 2.47 bits per heavy atom. The van der Waals surface area contributed by atoms with Crippen LogP contribution in [0.2, 0.25) is 0 Å². The number of hydrogen-bond donors (Lipinski definition) is 0. The minimum atomic E-state index is -3.87. The van der Waals surface area contributed by atoms with E-state index in [-0.39, 0.29) is 17.1 Å². The number of hydrogen-bond acceptors (Lipinski definition) is 4.